The van der Waals surface area contributed by atoms with Crippen molar-refractivity contribution < 1.29 is 17.9 Å². The van der Waals surface area contributed by atoms with Gasteiger partial charge in [-0.15, -0.1) is 0 Å². The van der Waals surface area contributed by atoms with Crippen molar-refractivity contribution in [1.29, 1.82) is 0 Å². The predicted octanol–water partition coefficient (Wildman–Crippen LogP) is 5.66. The van der Waals surface area contributed by atoms with Crippen molar-refractivity contribution in [2.24, 2.45) is 0 Å². The van der Waals surface area contributed by atoms with E-state index >= 15 is 0 Å². The normalized spacial score (nSPS) is 12.3. The highest BCUT2D eigenvalue weighted by molar-refractivity contribution is 5.51. The van der Waals surface area contributed by atoms with E-state index in [4.69, 9.17) is 4.74 Å². The van der Waals surface area contributed by atoms with Gasteiger partial charge in [0, 0.05) is 5.41 Å². The number of alkyl halides is 3. The quantitative estimate of drug-likeness (QED) is 0.709. The monoisotopic (exact) mass is 322 g/mol. The van der Waals surface area contributed by atoms with Gasteiger partial charge in [0.1, 0.15) is 5.75 Å². The zero-order valence-corrected chi connectivity index (χ0v) is 14.0. The second kappa shape index (κ2) is 5.91. The molecule has 0 saturated heterocycles. The van der Waals surface area contributed by atoms with Crippen LogP contribution in [0.4, 0.5) is 13.2 Å². The van der Waals surface area contributed by atoms with Gasteiger partial charge in [-0.1, -0.05) is 38.1 Å². The van der Waals surface area contributed by atoms with E-state index in [1.807, 2.05) is 39.8 Å². The molecule has 4 heteroatoms. The van der Waals surface area contributed by atoms with E-state index in [1.54, 1.807) is 19.2 Å². The second-order valence-electron chi connectivity index (χ2n) is 6.29. The van der Waals surface area contributed by atoms with E-state index in [0.29, 0.717) is 0 Å². The molecule has 0 aliphatic heterocycles. The maximum absolute atomic E-state index is 12.7. The number of halogens is 3. The van der Waals surface area contributed by atoms with Gasteiger partial charge in [-0.25, -0.2) is 0 Å². The Morgan fingerprint density at radius 3 is 1.83 bits per heavy atom. The lowest BCUT2D eigenvalue weighted by atomic mass is 9.75. The molecule has 0 aliphatic rings. The third kappa shape index (κ3) is 3.21. The third-order valence-corrected chi connectivity index (χ3v) is 4.41. The Hall–Kier alpha value is -1.97. The largest absolute Gasteiger partial charge is 0.496 e. The number of benzene rings is 2. The molecule has 0 aromatic heterocycles. The van der Waals surface area contributed by atoms with Gasteiger partial charge in [-0.05, 0) is 48.2 Å². The molecule has 0 unspecified atom stereocenters. The zero-order chi connectivity index (χ0) is 17.4. The number of hydrogen-bond acceptors (Lipinski definition) is 1. The van der Waals surface area contributed by atoms with Gasteiger partial charge in [-0.3, -0.25) is 0 Å². The van der Waals surface area contributed by atoms with Crippen LogP contribution < -0.4 is 4.74 Å². The molecule has 0 amide bonds. The van der Waals surface area contributed by atoms with E-state index in [2.05, 4.69) is 0 Å². The summed E-state index contributed by atoms with van der Waals surface area (Å²) in [7, 11) is 1.63. The molecular weight excluding hydrogens is 301 g/mol. The van der Waals surface area contributed by atoms with Crippen LogP contribution in [0.25, 0.3) is 0 Å². The molecular formula is C19H21F3O. The summed E-state index contributed by atoms with van der Waals surface area (Å²) in [5.41, 5.74) is 2.87. The van der Waals surface area contributed by atoms with Gasteiger partial charge >= 0.3 is 6.18 Å². The molecule has 0 atom stereocenters. The average Bonchev–Trinajstić information content (AvgIpc) is 2.46. The van der Waals surface area contributed by atoms with Crippen molar-refractivity contribution >= 4 is 0 Å². The summed E-state index contributed by atoms with van der Waals surface area (Å²) in [6.07, 6.45) is -4.31. The summed E-state index contributed by atoms with van der Waals surface area (Å²) in [6.45, 7) is 7.97. The molecule has 1 nitrogen and oxygen atoms in total. The lowest BCUT2D eigenvalue weighted by molar-refractivity contribution is -0.137. The molecule has 0 aliphatic carbocycles. The standard InChI is InChI=1S/C19H21F3O/c1-12-6-11-16(13(2)17(12)23-5)18(3,4)14-7-9-15(10-8-14)19(20,21)22/h6-11H,1-5H3. The summed E-state index contributed by atoms with van der Waals surface area (Å²) in [4.78, 5) is 0. The Kier molecular flexibility index (Phi) is 4.47. The van der Waals surface area contributed by atoms with E-state index in [1.165, 1.54) is 0 Å². The van der Waals surface area contributed by atoms with Crippen LogP contribution in [-0.2, 0) is 11.6 Å². The van der Waals surface area contributed by atoms with E-state index in [0.717, 1.165) is 40.1 Å². The van der Waals surface area contributed by atoms with Gasteiger partial charge in [-0.2, -0.15) is 13.2 Å². The van der Waals surface area contributed by atoms with Crippen molar-refractivity contribution in [1.82, 2.24) is 0 Å². The first kappa shape index (κ1) is 17.4. The lowest BCUT2D eigenvalue weighted by Crippen LogP contribution is -2.21. The molecule has 0 bridgehead atoms. The molecule has 2 aromatic carbocycles. The topological polar surface area (TPSA) is 9.23 Å². The molecule has 0 heterocycles. The fourth-order valence-corrected chi connectivity index (χ4v) is 3.05. The van der Waals surface area contributed by atoms with E-state index < -0.39 is 17.2 Å². The minimum atomic E-state index is -4.31. The van der Waals surface area contributed by atoms with Crippen molar-refractivity contribution in [2.75, 3.05) is 7.11 Å². The number of aryl methyl sites for hydroxylation is 1. The van der Waals surface area contributed by atoms with Gasteiger partial charge in [0.15, 0.2) is 0 Å². The fourth-order valence-electron chi connectivity index (χ4n) is 3.05. The Balaban J connectivity index is 2.50. The summed E-state index contributed by atoms with van der Waals surface area (Å²) >= 11 is 0. The molecule has 0 spiro atoms. The average molecular weight is 322 g/mol. The molecule has 2 aromatic rings. The summed E-state index contributed by atoms with van der Waals surface area (Å²) < 4.78 is 43.7. The van der Waals surface area contributed by atoms with Crippen molar-refractivity contribution in [3.63, 3.8) is 0 Å². The molecule has 2 rings (SSSR count). The summed E-state index contributed by atoms with van der Waals surface area (Å²) in [6, 6.07) is 9.37. The summed E-state index contributed by atoms with van der Waals surface area (Å²) in [5, 5.41) is 0. The highest BCUT2D eigenvalue weighted by atomic mass is 19.4. The molecule has 0 saturated carbocycles. The van der Waals surface area contributed by atoms with E-state index in [9.17, 15) is 13.2 Å². The van der Waals surface area contributed by atoms with Crippen LogP contribution in [0, 0.1) is 13.8 Å². The lowest BCUT2D eigenvalue weighted by Gasteiger charge is -2.29. The highest BCUT2D eigenvalue weighted by Gasteiger charge is 2.32. The molecule has 0 radical (unpaired) electrons. The maximum atomic E-state index is 12.7. The maximum Gasteiger partial charge on any atom is 0.416 e. The van der Waals surface area contributed by atoms with Crippen LogP contribution in [0.15, 0.2) is 36.4 Å². The molecule has 0 N–H and O–H groups in total. The van der Waals surface area contributed by atoms with Crippen molar-refractivity contribution in [3.05, 3.63) is 64.2 Å². The Morgan fingerprint density at radius 2 is 1.35 bits per heavy atom. The van der Waals surface area contributed by atoms with Gasteiger partial charge in [0.05, 0.1) is 12.7 Å². The van der Waals surface area contributed by atoms with Crippen LogP contribution in [0.5, 0.6) is 5.75 Å². The number of hydrogen-bond donors (Lipinski definition) is 0. The number of rotatable bonds is 3. The first-order valence-corrected chi connectivity index (χ1v) is 7.41. The van der Waals surface area contributed by atoms with Crippen molar-refractivity contribution in [3.8, 4) is 5.75 Å². The molecule has 23 heavy (non-hydrogen) atoms. The molecule has 124 valence electrons. The van der Waals surface area contributed by atoms with Crippen LogP contribution >= 0.6 is 0 Å². The second-order valence-corrected chi connectivity index (χ2v) is 6.29. The minimum Gasteiger partial charge on any atom is -0.496 e. The highest BCUT2D eigenvalue weighted by Crippen LogP contribution is 2.39. The van der Waals surface area contributed by atoms with E-state index in [-0.39, 0.29) is 0 Å². The van der Waals surface area contributed by atoms with Crippen LogP contribution in [-0.4, -0.2) is 7.11 Å². The van der Waals surface area contributed by atoms with Gasteiger partial charge < -0.3 is 4.74 Å². The number of ether oxygens (including phenoxy) is 1. The SMILES string of the molecule is COc1c(C)ccc(C(C)(C)c2ccc(C(F)(F)F)cc2)c1C. The Labute approximate surface area is 135 Å². The smallest absolute Gasteiger partial charge is 0.416 e. The zero-order valence-electron chi connectivity index (χ0n) is 14.0. The van der Waals surface area contributed by atoms with Gasteiger partial charge in [0.25, 0.3) is 0 Å². The number of methoxy groups -OCH3 is 1. The molecule has 0 fully saturated rings. The summed E-state index contributed by atoms with van der Waals surface area (Å²) in [5.74, 6) is 0.822. The Morgan fingerprint density at radius 1 is 0.826 bits per heavy atom. The fraction of sp³-hybridized carbons (Fsp3) is 0.368. The van der Waals surface area contributed by atoms with Crippen LogP contribution in [0.3, 0.4) is 0 Å². The van der Waals surface area contributed by atoms with Gasteiger partial charge in [0.2, 0.25) is 0 Å². The van der Waals surface area contributed by atoms with Crippen LogP contribution in [0.1, 0.15) is 41.7 Å². The first-order chi connectivity index (χ1) is 10.6. The first-order valence-electron chi connectivity index (χ1n) is 7.41. The van der Waals surface area contributed by atoms with Crippen LogP contribution in [0.2, 0.25) is 0 Å². The third-order valence-electron chi connectivity index (χ3n) is 4.41. The Bertz CT molecular complexity index is 698. The minimum absolute atomic E-state index is 0.421. The van der Waals surface area contributed by atoms with Crippen molar-refractivity contribution in [2.45, 2.75) is 39.3 Å². The predicted molar refractivity (Wildman–Crippen MR) is 86.0 cm³/mol.